The number of anilines is 1. The molecule has 2 aromatic carbocycles. The van der Waals surface area contributed by atoms with E-state index < -0.39 is 23.9 Å². The number of aryl methyl sites for hydroxylation is 1. The molecule has 0 spiro atoms. The monoisotopic (exact) mass is 469 g/mol. The molecule has 2 atom stereocenters. The van der Waals surface area contributed by atoms with Crippen molar-refractivity contribution in [2.45, 2.75) is 25.2 Å². The van der Waals surface area contributed by atoms with Gasteiger partial charge in [-0.15, -0.1) is 0 Å². The summed E-state index contributed by atoms with van der Waals surface area (Å²) >= 11 is 0. The van der Waals surface area contributed by atoms with E-state index in [2.05, 4.69) is 10.1 Å². The van der Waals surface area contributed by atoms with Crippen molar-refractivity contribution < 1.29 is 22.7 Å². The predicted molar refractivity (Wildman–Crippen MR) is 121 cm³/mol. The van der Waals surface area contributed by atoms with Crippen LogP contribution in [0.3, 0.4) is 0 Å². The van der Waals surface area contributed by atoms with Crippen LogP contribution in [0.2, 0.25) is 0 Å². The van der Waals surface area contributed by atoms with E-state index in [-0.39, 0.29) is 12.5 Å². The number of nitrogens with two attached hydrogens (primary N) is 1. The molecule has 10 heteroatoms. The summed E-state index contributed by atoms with van der Waals surface area (Å²) in [6.07, 6.45) is -3.33. The van der Waals surface area contributed by atoms with Gasteiger partial charge in [0.1, 0.15) is 5.82 Å². The molecule has 0 fully saturated rings. The zero-order valence-electron chi connectivity index (χ0n) is 18.7. The Balaban J connectivity index is 1.54. The molecule has 0 saturated heterocycles. The molecule has 5 rings (SSSR count). The van der Waals surface area contributed by atoms with Gasteiger partial charge in [-0.25, -0.2) is 4.98 Å². The fourth-order valence-electron chi connectivity index (χ4n) is 4.58. The molecule has 4 aromatic rings. The van der Waals surface area contributed by atoms with Gasteiger partial charge in [0.2, 0.25) is 0 Å². The smallest absolute Gasteiger partial charge is 0.383 e. The van der Waals surface area contributed by atoms with Crippen LogP contribution in [-0.2, 0) is 18.0 Å². The Morgan fingerprint density at radius 1 is 1.18 bits per heavy atom. The molecule has 3 heterocycles. The second kappa shape index (κ2) is 7.69. The molecule has 0 radical (unpaired) electrons. The quantitative estimate of drug-likeness (QED) is 0.463. The molecule has 1 aliphatic rings. The van der Waals surface area contributed by atoms with Crippen molar-refractivity contribution >= 4 is 33.5 Å². The Morgan fingerprint density at radius 3 is 2.68 bits per heavy atom. The maximum atomic E-state index is 13.5. The second-order valence-electron chi connectivity index (χ2n) is 8.51. The van der Waals surface area contributed by atoms with Gasteiger partial charge >= 0.3 is 6.18 Å². The number of pyridine rings is 1. The van der Waals surface area contributed by atoms with Crippen molar-refractivity contribution in [3.8, 4) is 0 Å². The number of rotatable bonds is 2. The van der Waals surface area contributed by atoms with Crippen LogP contribution in [-0.4, -0.2) is 39.2 Å². The van der Waals surface area contributed by atoms with Crippen LogP contribution < -0.4 is 5.73 Å². The molecular weight excluding hydrogens is 447 g/mol. The number of likely N-dealkylation sites (N-methyl/N-ethyl adjacent to an activating group) is 1. The lowest BCUT2D eigenvalue weighted by Gasteiger charge is -2.36. The molecule has 7 nitrogen and oxygen atoms in total. The first kappa shape index (κ1) is 22.1. The highest BCUT2D eigenvalue weighted by molar-refractivity contribution is 6.10. The minimum Gasteiger partial charge on any atom is -0.383 e. The third-order valence-electron chi connectivity index (χ3n) is 6.46. The highest BCUT2D eigenvalue weighted by Crippen LogP contribution is 2.39. The van der Waals surface area contributed by atoms with E-state index >= 15 is 0 Å². The van der Waals surface area contributed by atoms with Crippen molar-refractivity contribution in [1.29, 1.82) is 0 Å². The molecule has 2 aromatic heterocycles. The number of benzene rings is 2. The largest absolute Gasteiger partial charge is 0.416 e. The third kappa shape index (κ3) is 3.45. The van der Waals surface area contributed by atoms with Gasteiger partial charge in [0.25, 0.3) is 5.91 Å². The van der Waals surface area contributed by atoms with Crippen LogP contribution in [0, 0.1) is 0 Å². The standard InChI is InChI=1S/C24H22F3N5O2/c1-12-16-9-14(24(25,26)27)5-6-15(16)20(11-34-12)31(2)23(33)13-4-7-19-17(8-13)21-18(22(28)30-19)10-29-32(21)3/h4-10,12,20H,11H2,1-3H3,(H2,28,30)/t12-,20-/m0/s1. The van der Waals surface area contributed by atoms with Gasteiger partial charge in [-0.3, -0.25) is 9.48 Å². The maximum absolute atomic E-state index is 13.5. The Hall–Kier alpha value is -3.66. The van der Waals surface area contributed by atoms with Gasteiger partial charge in [0.05, 0.1) is 46.9 Å². The minimum absolute atomic E-state index is 0.180. The Kier molecular flexibility index (Phi) is 5.01. The van der Waals surface area contributed by atoms with E-state index in [1.807, 2.05) is 0 Å². The summed E-state index contributed by atoms with van der Waals surface area (Å²) in [6.45, 7) is 1.89. The lowest BCUT2D eigenvalue weighted by Crippen LogP contribution is -2.37. The number of hydrogen-bond acceptors (Lipinski definition) is 5. The number of aromatic nitrogens is 3. The topological polar surface area (TPSA) is 86.3 Å². The number of ether oxygens (including phenoxy) is 1. The van der Waals surface area contributed by atoms with Gasteiger partial charge in [-0.05, 0) is 48.4 Å². The highest BCUT2D eigenvalue weighted by Gasteiger charge is 2.36. The molecule has 0 bridgehead atoms. The van der Waals surface area contributed by atoms with Gasteiger partial charge in [-0.2, -0.15) is 18.3 Å². The van der Waals surface area contributed by atoms with Gasteiger partial charge in [0, 0.05) is 25.0 Å². The lowest BCUT2D eigenvalue weighted by atomic mass is 9.91. The maximum Gasteiger partial charge on any atom is 0.416 e. The number of carbonyl (C=O) groups is 1. The van der Waals surface area contributed by atoms with Crippen LogP contribution in [0.1, 0.15) is 46.1 Å². The fraction of sp³-hybridized carbons (Fsp3) is 0.292. The third-order valence-corrected chi connectivity index (χ3v) is 6.46. The molecule has 1 aliphatic heterocycles. The summed E-state index contributed by atoms with van der Waals surface area (Å²) < 4.78 is 47.1. The van der Waals surface area contributed by atoms with Gasteiger partial charge < -0.3 is 15.4 Å². The van der Waals surface area contributed by atoms with E-state index in [0.717, 1.165) is 23.0 Å². The first-order valence-corrected chi connectivity index (χ1v) is 10.7. The van der Waals surface area contributed by atoms with Crippen LogP contribution in [0.15, 0.2) is 42.6 Å². The van der Waals surface area contributed by atoms with Crippen LogP contribution >= 0.6 is 0 Å². The zero-order chi connectivity index (χ0) is 24.4. The van der Waals surface area contributed by atoms with Crippen molar-refractivity contribution in [1.82, 2.24) is 19.7 Å². The molecule has 1 amide bonds. The number of nitrogen functional groups attached to an aromatic ring is 1. The van der Waals surface area contributed by atoms with Crippen molar-refractivity contribution in [2.24, 2.45) is 7.05 Å². The summed E-state index contributed by atoms with van der Waals surface area (Å²) in [5.74, 6) is 0.0677. The molecule has 176 valence electrons. The summed E-state index contributed by atoms with van der Waals surface area (Å²) in [4.78, 5) is 19.4. The second-order valence-corrected chi connectivity index (χ2v) is 8.51. The average molecular weight is 469 g/mol. The lowest BCUT2D eigenvalue weighted by molar-refractivity contribution is -0.137. The molecule has 2 N–H and O–H groups in total. The minimum atomic E-state index is -4.46. The van der Waals surface area contributed by atoms with E-state index in [1.165, 1.54) is 11.0 Å². The van der Waals surface area contributed by atoms with Crippen LogP contribution in [0.25, 0.3) is 21.8 Å². The van der Waals surface area contributed by atoms with Crippen LogP contribution in [0.5, 0.6) is 0 Å². The number of nitrogens with zero attached hydrogens (tertiary/aromatic N) is 4. The molecule has 0 aliphatic carbocycles. The van der Waals surface area contributed by atoms with E-state index in [9.17, 15) is 18.0 Å². The molecule has 0 unspecified atom stereocenters. The normalized spacial score (nSPS) is 18.3. The Labute approximate surface area is 192 Å². The summed E-state index contributed by atoms with van der Waals surface area (Å²) in [5, 5.41) is 5.67. The Morgan fingerprint density at radius 2 is 1.94 bits per heavy atom. The predicted octanol–water partition coefficient (Wildman–Crippen LogP) is 4.63. The Bertz CT molecular complexity index is 1450. The molecule has 34 heavy (non-hydrogen) atoms. The average Bonchev–Trinajstić information content (AvgIpc) is 3.20. The van der Waals surface area contributed by atoms with E-state index in [0.29, 0.717) is 33.4 Å². The zero-order valence-corrected chi connectivity index (χ0v) is 18.7. The number of halogens is 3. The van der Waals surface area contributed by atoms with Crippen molar-refractivity contribution in [3.63, 3.8) is 0 Å². The van der Waals surface area contributed by atoms with Gasteiger partial charge in [-0.1, -0.05) is 6.07 Å². The number of hydrogen-bond donors (Lipinski definition) is 1. The summed E-state index contributed by atoms with van der Waals surface area (Å²) in [6, 6.07) is 8.20. The first-order chi connectivity index (χ1) is 16.1. The number of alkyl halides is 3. The first-order valence-electron chi connectivity index (χ1n) is 10.7. The van der Waals surface area contributed by atoms with Crippen molar-refractivity contribution in [3.05, 3.63) is 64.8 Å². The number of amides is 1. The highest BCUT2D eigenvalue weighted by atomic mass is 19.4. The molecule has 0 saturated carbocycles. The number of carbonyl (C=O) groups excluding carboxylic acids is 1. The van der Waals surface area contributed by atoms with Gasteiger partial charge in [0.15, 0.2) is 0 Å². The molecular formula is C24H22F3N5O2. The summed E-state index contributed by atoms with van der Waals surface area (Å²) in [7, 11) is 3.41. The van der Waals surface area contributed by atoms with E-state index in [1.54, 1.807) is 50.1 Å². The summed E-state index contributed by atoms with van der Waals surface area (Å²) in [5.41, 5.74) is 8.20. The number of fused-ring (bicyclic) bond motifs is 4. The van der Waals surface area contributed by atoms with Crippen molar-refractivity contribution in [2.75, 3.05) is 19.4 Å². The SMILES string of the molecule is C[C@@H]1OC[C@H](N(C)C(=O)c2ccc3nc(N)c4cnn(C)c4c3c2)c2ccc(C(F)(F)F)cc21. The van der Waals surface area contributed by atoms with Crippen LogP contribution in [0.4, 0.5) is 19.0 Å². The fourth-order valence-corrected chi connectivity index (χ4v) is 4.58. The van der Waals surface area contributed by atoms with E-state index in [4.69, 9.17) is 10.5 Å².